The van der Waals surface area contributed by atoms with Gasteiger partial charge in [-0.05, 0) is 44.2 Å². The Kier molecular flexibility index (Phi) is 5.11. The van der Waals surface area contributed by atoms with Gasteiger partial charge in [0.05, 0.1) is 6.61 Å². The summed E-state index contributed by atoms with van der Waals surface area (Å²) in [6.45, 7) is 10.1. The van der Waals surface area contributed by atoms with Crippen LogP contribution in [0.4, 0.5) is 0 Å². The van der Waals surface area contributed by atoms with Crippen LogP contribution in [-0.4, -0.2) is 66.3 Å². The fraction of sp³-hybridized carbons (Fsp3) is 1.00. The lowest BCUT2D eigenvalue weighted by Gasteiger charge is -2.49. The second-order valence-corrected chi connectivity index (χ2v) is 7.88. The molecule has 4 atom stereocenters. The third kappa shape index (κ3) is 3.35. The predicted molar refractivity (Wildman–Crippen MR) is 83.6 cm³/mol. The van der Waals surface area contributed by atoms with Crippen molar-refractivity contribution in [3.8, 4) is 0 Å². The Labute approximate surface area is 124 Å². The molecule has 4 unspecified atom stereocenters. The van der Waals surface area contributed by atoms with Crippen molar-refractivity contribution < 1.29 is 5.11 Å². The number of piperidine rings is 2. The van der Waals surface area contributed by atoms with Gasteiger partial charge in [-0.25, -0.2) is 0 Å². The minimum Gasteiger partial charge on any atom is -0.395 e. The van der Waals surface area contributed by atoms with Crippen LogP contribution in [0.1, 0.15) is 40.0 Å². The van der Waals surface area contributed by atoms with Crippen molar-refractivity contribution in [3.63, 3.8) is 0 Å². The minimum atomic E-state index is 0.0189. The van der Waals surface area contributed by atoms with Crippen LogP contribution in [0.3, 0.4) is 0 Å². The molecule has 118 valence electrons. The van der Waals surface area contributed by atoms with Crippen molar-refractivity contribution in [3.05, 3.63) is 0 Å². The SMILES string of the molecule is CN1CCCC2CN(C(CO)C(N)C(C)(C)C)CCC21. The van der Waals surface area contributed by atoms with E-state index in [0.717, 1.165) is 25.0 Å². The highest BCUT2D eigenvalue weighted by atomic mass is 16.3. The number of aliphatic hydroxyl groups is 1. The molecule has 20 heavy (non-hydrogen) atoms. The maximum absolute atomic E-state index is 9.83. The van der Waals surface area contributed by atoms with Crippen LogP contribution in [0.25, 0.3) is 0 Å². The van der Waals surface area contributed by atoms with Crippen LogP contribution in [0, 0.1) is 11.3 Å². The Morgan fingerprint density at radius 2 is 1.95 bits per heavy atom. The normalized spacial score (nSPS) is 32.7. The third-order valence-electron chi connectivity index (χ3n) is 5.45. The van der Waals surface area contributed by atoms with Gasteiger partial charge in [-0.3, -0.25) is 4.90 Å². The smallest absolute Gasteiger partial charge is 0.0602 e. The summed E-state index contributed by atoms with van der Waals surface area (Å²) < 4.78 is 0. The molecule has 0 aromatic carbocycles. The van der Waals surface area contributed by atoms with Gasteiger partial charge in [-0.15, -0.1) is 0 Å². The molecule has 2 heterocycles. The monoisotopic (exact) mass is 283 g/mol. The number of fused-ring (bicyclic) bond motifs is 1. The first-order valence-electron chi connectivity index (χ1n) is 8.15. The molecule has 0 aromatic heterocycles. The fourth-order valence-electron chi connectivity index (χ4n) is 4.02. The summed E-state index contributed by atoms with van der Waals surface area (Å²) in [5.74, 6) is 0.753. The largest absolute Gasteiger partial charge is 0.395 e. The quantitative estimate of drug-likeness (QED) is 0.815. The second-order valence-electron chi connectivity index (χ2n) is 7.88. The lowest BCUT2D eigenvalue weighted by Crippen LogP contribution is -2.61. The summed E-state index contributed by atoms with van der Waals surface area (Å²) in [4.78, 5) is 4.99. The Bertz CT molecular complexity index is 315. The van der Waals surface area contributed by atoms with Crippen molar-refractivity contribution in [1.29, 1.82) is 0 Å². The van der Waals surface area contributed by atoms with E-state index in [9.17, 15) is 5.11 Å². The Balaban J connectivity index is 2.02. The van der Waals surface area contributed by atoms with E-state index in [1.165, 1.54) is 25.8 Å². The van der Waals surface area contributed by atoms with Gasteiger partial charge in [0.2, 0.25) is 0 Å². The molecule has 2 fully saturated rings. The lowest BCUT2D eigenvalue weighted by molar-refractivity contribution is -0.00969. The molecule has 4 nitrogen and oxygen atoms in total. The molecule has 0 amide bonds. The zero-order chi connectivity index (χ0) is 14.9. The van der Waals surface area contributed by atoms with Gasteiger partial charge in [0.1, 0.15) is 0 Å². The van der Waals surface area contributed by atoms with Crippen molar-refractivity contribution in [1.82, 2.24) is 9.80 Å². The first kappa shape index (κ1) is 16.2. The Hall–Kier alpha value is -0.160. The molecular weight excluding hydrogens is 250 g/mol. The maximum atomic E-state index is 9.83. The number of aliphatic hydroxyl groups excluding tert-OH is 1. The van der Waals surface area contributed by atoms with E-state index >= 15 is 0 Å². The van der Waals surface area contributed by atoms with Gasteiger partial charge in [0.15, 0.2) is 0 Å². The summed E-state index contributed by atoms with van der Waals surface area (Å²) in [6.07, 6.45) is 3.85. The molecule has 0 saturated carbocycles. The molecule has 2 rings (SSSR count). The molecule has 3 N–H and O–H groups in total. The molecule has 2 aliphatic heterocycles. The van der Waals surface area contributed by atoms with Gasteiger partial charge in [-0.2, -0.15) is 0 Å². The van der Waals surface area contributed by atoms with Crippen molar-refractivity contribution >= 4 is 0 Å². The number of hydrogen-bond acceptors (Lipinski definition) is 4. The molecule has 0 bridgehead atoms. The third-order valence-corrected chi connectivity index (χ3v) is 5.45. The van der Waals surface area contributed by atoms with E-state index in [2.05, 4.69) is 37.6 Å². The van der Waals surface area contributed by atoms with Gasteiger partial charge in [-0.1, -0.05) is 20.8 Å². The predicted octanol–water partition coefficient (Wildman–Crippen LogP) is 1.14. The maximum Gasteiger partial charge on any atom is 0.0602 e. The van der Waals surface area contributed by atoms with E-state index in [1.807, 2.05) is 0 Å². The molecule has 2 aliphatic rings. The summed E-state index contributed by atoms with van der Waals surface area (Å²) in [5.41, 5.74) is 6.45. The van der Waals surface area contributed by atoms with E-state index in [1.54, 1.807) is 0 Å². The van der Waals surface area contributed by atoms with Gasteiger partial charge >= 0.3 is 0 Å². The highest BCUT2D eigenvalue weighted by molar-refractivity contribution is 4.95. The zero-order valence-electron chi connectivity index (χ0n) is 13.7. The van der Waals surface area contributed by atoms with Gasteiger partial charge in [0, 0.05) is 31.2 Å². The first-order chi connectivity index (χ1) is 9.34. The topological polar surface area (TPSA) is 52.7 Å². The molecule has 0 spiro atoms. The first-order valence-corrected chi connectivity index (χ1v) is 8.15. The standard InChI is InChI=1S/C16H33N3O/c1-16(2,3)15(17)14(11-20)19-9-7-13-12(10-19)6-5-8-18(13)4/h12-15,20H,5-11,17H2,1-4H3. The summed E-state index contributed by atoms with van der Waals surface area (Å²) in [7, 11) is 2.26. The minimum absolute atomic E-state index is 0.0189. The second kappa shape index (κ2) is 6.30. The van der Waals surface area contributed by atoms with Crippen molar-refractivity contribution in [2.45, 2.75) is 58.2 Å². The number of hydrogen-bond donors (Lipinski definition) is 2. The highest BCUT2D eigenvalue weighted by Crippen LogP contribution is 2.32. The van der Waals surface area contributed by atoms with E-state index in [4.69, 9.17) is 5.73 Å². The number of likely N-dealkylation sites (tertiary alicyclic amines) is 2. The number of rotatable bonds is 3. The highest BCUT2D eigenvalue weighted by Gasteiger charge is 2.39. The number of nitrogens with zero attached hydrogens (tertiary/aromatic N) is 2. The Morgan fingerprint density at radius 3 is 2.55 bits per heavy atom. The van der Waals surface area contributed by atoms with Gasteiger partial charge < -0.3 is 15.7 Å². The van der Waals surface area contributed by atoms with Crippen LogP contribution in [0.5, 0.6) is 0 Å². The summed E-state index contributed by atoms with van der Waals surface area (Å²) in [6, 6.07) is 0.860. The molecular formula is C16H33N3O. The lowest BCUT2D eigenvalue weighted by atomic mass is 9.79. The van der Waals surface area contributed by atoms with E-state index < -0.39 is 0 Å². The zero-order valence-corrected chi connectivity index (χ0v) is 13.7. The van der Waals surface area contributed by atoms with Gasteiger partial charge in [0.25, 0.3) is 0 Å². The molecule has 0 aliphatic carbocycles. The Morgan fingerprint density at radius 1 is 1.25 bits per heavy atom. The van der Waals surface area contributed by atoms with E-state index in [0.29, 0.717) is 0 Å². The fourth-order valence-corrected chi connectivity index (χ4v) is 4.02. The average Bonchev–Trinajstić information content (AvgIpc) is 2.38. The van der Waals surface area contributed by atoms with Crippen LogP contribution < -0.4 is 5.73 Å². The summed E-state index contributed by atoms with van der Waals surface area (Å²) >= 11 is 0. The van der Waals surface area contributed by atoms with E-state index in [-0.39, 0.29) is 24.1 Å². The average molecular weight is 283 g/mol. The molecule has 4 heteroatoms. The van der Waals surface area contributed by atoms with Crippen LogP contribution in [-0.2, 0) is 0 Å². The van der Waals surface area contributed by atoms with Crippen LogP contribution in [0.2, 0.25) is 0 Å². The molecule has 2 saturated heterocycles. The van der Waals surface area contributed by atoms with Crippen molar-refractivity contribution in [2.75, 3.05) is 33.3 Å². The number of nitrogens with two attached hydrogens (primary N) is 1. The van der Waals surface area contributed by atoms with Crippen LogP contribution in [0.15, 0.2) is 0 Å². The molecule has 0 radical (unpaired) electrons. The van der Waals surface area contributed by atoms with Crippen molar-refractivity contribution in [2.24, 2.45) is 17.1 Å². The molecule has 0 aromatic rings. The summed E-state index contributed by atoms with van der Waals surface area (Å²) in [5, 5.41) is 9.83. The van der Waals surface area contributed by atoms with Crippen LogP contribution >= 0.6 is 0 Å².